The maximum atomic E-state index is 11.4. The van der Waals surface area contributed by atoms with Crippen molar-refractivity contribution in [1.29, 1.82) is 0 Å². The van der Waals surface area contributed by atoms with Gasteiger partial charge in [0, 0.05) is 11.0 Å². The molecule has 6 heteroatoms. The number of carbonyl (C=O) groups is 1. The molecule has 2 aliphatic carbocycles. The SMILES string of the molecule is Cc1ccc(-c2nc(COc3ccc4c(c3)[C@]3(CC4)C[C@H]3C(=O)O)no2)cc1. The van der Waals surface area contributed by atoms with Crippen molar-refractivity contribution in [3.63, 3.8) is 0 Å². The Morgan fingerprint density at radius 3 is 2.86 bits per heavy atom. The maximum Gasteiger partial charge on any atom is 0.307 e. The summed E-state index contributed by atoms with van der Waals surface area (Å²) in [6.07, 6.45) is 2.57. The Hall–Kier alpha value is -3.15. The van der Waals surface area contributed by atoms with Crippen LogP contribution in [0.1, 0.15) is 35.4 Å². The highest BCUT2D eigenvalue weighted by atomic mass is 16.5. The smallest absolute Gasteiger partial charge is 0.307 e. The number of aromatic nitrogens is 2. The van der Waals surface area contributed by atoms with Crippen molar-refractivity contribution < 1.29 is 19.2 Å². The van der Waals surface area contributed by atoms with E-state index in [0.717, 1.165) is 30.4 Å². The predicted molar refractivity (Wildman–Crippen MR) is 101 cm³/mol. The summed E-state index contributed by atoms with van der Waals surface area (Å²) in [6, 6.07) is 13.9. The minimum absolute atomic E-state index is 0.189. The summed E-state index contributed by atoms with van der Waals surface area (Å²) in [6.45, 7) is 2.22. The average molecular weight is 376 g/mol. The minimum atomic E-state index is -0.699. The van der Waals surface area contributed by atoms with Gasteiger partial charge in [0.05, 0.1) is 5.92 Å². The van der Waals surface area contributed by atoms with Gasteiger partial charge in [-0.2, -0.15) is 4.98 Å². The molecule has 6 nitrogen and oxygen atoms in total. The Balaban J connectivity index is 1.30. The molecule has 0 unspecified atom stereocenters. The van der Waals surface area contributed by atoms with E-state index in [9.17, 15) is 9.90 Å². The maximum absolute atomic E-state index is 11.4. The molecule has 0 aliphatic heterocycles. The van der Waals surface area contributed by atoms with E-state index >= 15 is 0 Å². The number of fused-ring (bicyclic) bond motifs is 2. The van der Waals surface area contributed by atoms with Crippen LogP contribution in [0.3, 0.4) is 0 Å². The van der Waals surface area contributed by atoms with Crippen molar-refractivity contribution in [3.05, 3.63) is 65.0 Å². The van der Waals surface area contributed by atoms with Crippen molar-refractivity contribution in [2.45, 2.75) is 38.2 Å². The van der Waals surface area contributed by atoms with E-state index in [1.165, 1.54) is 11.1 Å². The number of carboxylic acids is 1. The lowest BCUT2D eigenvalue weighted by Gasteiger charge is -2.12. The molecule has 2 atom stereocenters. The van der Waals surface area contributed by atoms with E-state index in [2.05, 4.69) is 10.1 Å². The van der Waals surface area contributed by atoms with E-state index in [4.69, 9.17) is 9.26 Å². The average Bonchev–Trinajstić information content (AvgIpc) is 3.06. The Morgan fingerprint density at radius 2 is 2.11 bits per heavy atom. The minimum Gasteiger partial charge on any atom is -0.485 e. The molecule has 1 N–H and O–H groups in total. The van der Waals surface area contributed by atoms with Gasteiger partial charge in [0.15, 0.2) is 6.61 Å². The lowest BCUT2D eigenvalue weighted by Crippen LogP contribution is -2.11. The van der Waals surface area contributed by atoms with Crippen LogP contribution in [0.5, 0.6) is 5.75 Å². The van der Waals surface area contributed by atoms with Crippen LogP contribution in [-0.2, 0) is 23.2 Å². The van der Waals surface area contributed by atoms with Crippen LogP contribution in [0.15, 0.2) is 47.0 Å². The van der Waals surface area contributed by atoms with Crippen molar-refractivity contribution in [2.24, 2.45) is 5.92 Å². The van der Waals surface area contributed by atoms with Gasteiger partial charge in [-0.3, -0.25) is 4.79 Å². The molecule has 5 rings (SSSR count). The van der Waals surface area contributed by atoms with Crippen LogP contribution in [0.25, 0.3) is 11.5 Å². The molecule has 2 aromatic carbocycles. The molecule has 1 saturated carbocycles. The summed E-state index contributed by atoms with van der Waals surface area (Å²) in [4.78, 5) is 15.8. The number of hydrogen-bond acceptors (Lipinski definition) is 5. The van der Waals surface area contributed by atoms with Gasteiger partial charge >= 0.3 is 5.97 Å². The first-order chi connectivity index (χ1) is 13.5. The molecule has 1 aromatic heterocycles. The first kappa shape index (κ1) is 17.0. The molecular formula is C22H20N2O4. The van der Waals surface area contributed by atoms with Crippen LogP contribution < -0.4 is 4.74 Å². The fraction of sp³-hybridized carbons (Fsp3) is 0.318. The van der Waals surface area contributed by atoms with Gasteiger partial charge in [-0.1, -0.05) is 28.9 Å². The Bertz CT molecular complexity index is 1060. The van der Waals surface area contributed by atoms with Gasteiger partial charge in [0.2, 0.25) is 5.82 Å². The van der Waals surface area contributed by atoms with Crippen LogP contribution in [0.4, 0.5) is 0 Å². The normalized spacial score (nSPS) is 22.2. The fourth-order valence-corrected chi connectivity index (χ4v) is 4.30. The number of hydrogen-bond donors (Lipinski definition) is 1. The molecule has 0 radical (unpaired) electrons. The van der Waals surface area contributed by atoms with Crippen LogP contribution in [0.2, 0.25) is 0 Å². The monoisotopic (exact) mass is 376 g/mol. The van der Waals surface area contributed by atoms with Crippen molar-refractivity contribution in [2.75, 3.05) is 0 Å². The van der Waals surface area contributed by atoms with Crippen molar-refractivity contribution >= 4 is 5.97 Å². The van der Waals surface area contributed by atoms with Crippen LogP contribution in [0, 0.1) is 12.8 Å². The van der Waals surface area contributed by atoms with Crippen molar-refractivity contribution in [1.82, 2.24) is 10.1 Å². The third kappa shape index (κ3) is 2.76. The number of aryl methyl sites for hydroxylation is 2. The zero-order valence-corrected chi connectivity index (χ0v) is 15.5. The summed E-state index contributed by atoms with van der Waals surface area (Å²) in [5, 5.41) is 13.4. The molecule has 1 heterocycles. The van der Waals surface area contributed by atoms with Gasteiger partial charge in [0.25, 0.3) is 5.89 Å². The molecular weight excluding hydrogens is 356 g/mol. The highest BCUT2D eigenvalue weighted by molar-refractivity contribution is 5.78. The van der Waals surface area contributed by atoms with Crippen LogP contribution in [-0.4, -0.2) is 21.2 Å². The van der Waals surface area contributed by atoms with Gasteiger partial charge in [0.1, 0.15) is 5.75 Å². The van der Waals surface area contributed by atoms with Gasteiger partial charge in [-0.25, -0.2) is 0 Å². The molecule has 142 valence electrons. The van der Waals surface area contributed by atoms with Crippen LogP contribution >= 0.6 is 0 Å². The molecule has 3 aromatic rings. The topological polar surface area (TPSA) is 85.5 Å². The summed E-state index contributed by atoms with van der Waals surface area (Å²) >= 11 is 0. The standard InChI is InChI=1S/C22H20N2O4/c1-13-2-4-15(5-3-13)20-23-19(24-28-20)12-27-16-7-6-14-8-9-22(17(14)10-16)11-18(22)21(25)26/h2-7,10,18H,8-9,11-12H2,1H3,(H,25,26)/t18-,22-/m0/s1. The Morgan fingerprint density at radius 1 is 1.29 bits per heavy atom. The molecule has 1 spiro atoms. The largest absolute Gasteiger partial charge is 0.485 e. The lowest BCUT2D eigenvalue weighted by atomic mass is 9.95. The van der Waals surface area contributed by atoms with Crippen molar-refractivity contribution in [3.8, 4) is 17.2 Å². The fourth-order valence-electron chi connectivity index (χ4n) is 4.30. The summed E-state index contributed by atoms with van der Waals surface area (Å²) in [5.74, 6) is 0.681. The first-order valence-electron chi connectivity index (χ1n) is 9.44. The van der Waals surface area contributed by atoms with Gasteiger partial charge < -0.3 is 14.4 Å². The Kier molecular flexibility index (Phi) is 3.75. The zero-order valence-electron chi connectivity index (χ0n) is 15.5. The third-order valence-electron chi connectivity index (χ3n) is 5.97. The Labute approximate surface area is 162 Å². The van der Waals surface area contributed by atoms with Gasteiger partial charge in [-0.15, -0.1) is 0 Å². The quantitative estimate of drug-likeness (QED) is 0.727. The van der Waals surface area contributed by atoms with E-state index in [1.807, 2.05) is 49.4 Å². The molecule has 0 bridgehead atoms. The number of rotatable bonds is 5. The van der Waals surface area contributed by atoms with E-state index in [-0.39, 0.29) is 17.9 Å². The number of aliphatic carboxylic acids is 1. The van der Waals surface area contributed by atoms with E-state index in [0.29, 0.717) is 17.5 Å². The number of benzene rings is 2. The number of carboxylic acid groups (broad SMARTS) is 1. The zero-order chi connectivity index (χ0) is 19.3. The number of ether oxygens (including phenoxy) is 1. The van der Waals surface area contributed by atoms with Gasteiger partial charge in [-0.05, 0) is 61.6 Å². The summed E-state index contributed by atoms with van der Waals surface area (Å²) in [7, 11) is 0. The molecule has 1 fully saturated rings. The first-order valence-corrected chi connectivity index (χ1v) is 9.44. The second-order valence-electron chi connectivity index (χ2n) is 7.74. The second kappa shape index (κ2) is 6.19. The molecule has 0 saturated heterocycles. The summed E-state index contributed by atoms with van der Waals surface area (Å²) < 4.78 is 11.2. The second-order valence-corrected chi connectivity index (χ2v) is 7.74. The predicted octanol–water partition coefficient (Wildman–Crippen LogP) is 3.91. The molecule has 0 amide bonds. The number of nitrogens with zero attached hydrogens (tertiary/aromatic N) is 2. The third-order valence-corrected chi connectivity index (χ3v) is 5.97. The van der Waals surface area contributed by atoms with E-state index in [1.54, 1.807) is 0 Å². The lowest BCUT2D eigenvalue weighted by molar-refractivity contribution is -0.139. The highest BCUT2D eigenvalue weighted by Crippen LogP contribution is 2.61. The summed E-state index contributed by atoms with van der Waals surface area (Å²) in [5.41, 5.74) is 4.22. The highest BCUT2D eigenvalue weighted by Gasteiger charge is 2.61. The van der Waals surface area contributed by atoms with E-state index < -0.39 is 5.97 Å². The molecule has 2 aliphatic rings. The molecule has 28 heavy (non-hydrogen) atoms.